The Labute approximate surface area is 94.0 Å². The molecular weight excluding hydrogens is 245 g/mol. The van der Waals surface area contributed by atoms with E-state index >= 15 is 0 Å². The Morgan fingerprint density at radius 3 is 2.50 bits per heavy atom. The third kappa shape index (κ3) is 3.27. The monoisotopic (exact) mass is 250 g/mol. The fraction of sp³-hybridized carbons (Fsp3) is 0.100. The average Bonchev–Trinajstić information content (AvgIpc) is 2.12. The van der Waals surface area contributed by atoms with E-state index in [1.165, 1.54) is 0 Å². The molecule has 0 aliphatic heterocycles. The van der Waals surface area contributed by atoms with Crippen molar-refractivity contribution in [3.05, 3.63) is 40.4 Å². The topological polar surface area (TPSA) is 37.3 Å². The molecular formula is C10H6ClF3O2. The van der Waals surface area contributed by atoms with Crippen LogP contribution >= 0.6 is 11.6 Å². The first-order valence-corrected chi connectivity index (χ1v) is 4.46. The smallest absolute Gasteiger partial charge is 0.416 e. The summed E-state index contributed by atoms with van der Waals surface area (Å²) < 4.78 is 37.4. The quantitative estimate of drug-likeness (QED) is 0.816. The van der Waals surface area contributed by atoms with E-state index in [0.717, 1.165) is 24.3 Å². The molecule has 0 atom stereocenters. The van der Waals surface area contributed by atoms with Crippen molar-refractivity contribution in [1.82, 2.24) is 0 Å². The number of halogens is 4. The van der Waals surface area contributed by atoms with Crippen LogP contribution in [0.25, 0.3) is 6.08 Å². The summed E-state index contributed by atoms with van der Waals surface area (Å²) in [5.41, 5.74) is -1.20. The predicted molar refractivity (Wildman–Crippen MR) is 53.1 cm³/mol. The molecule has 2 nitrogen and oxygen atoms in total. The summed E-state index contributed by atoms with van der Waals surface area (Å²) in [5, 5.41) is 8.45. The van der Waals surface area contributed by atoms with Gasteiger partial charge in [0.05, 0.1) is 5.56 Å². The van der Waals surface area contributed by atoms with Crippen LogP contribution in [0.3, 0.4) is 0 Å². The summed E-state index contributed by atoms with van der Waals surface area (Å²) in [5.74, 6) is -1.33. The highest BCUT2D eigenvalue weighted by molar-refractivity contribution is 6.30. The lowest BCUT2D eigenvalue weighted by atomic mass is 10.1. The maximum absolute atomic E-state index is 12.5. The summed E-state index contributed by atoms with van der Waals surface area (Å²) in [6.07, 6.45) is -3.05. The van der Waals surface area contributed by atoms with Crippen LogP contribution in [-0.2, 0) is 11.0 Å². The highest BCUT2D eigenvalue weighted by atomic mass is 35.5. The van der Waals surface area contributed by atoms with Gasteiger partial charge >= 0.3 is 12.1 Å². The zero-order valence-corrected chi connectivity index (χ0v) is 8.51. The van der Waals surface area contributed by atoms with Gasteiger partial charge in [-0.15, -0.1) is 0 Å². The average molecular weight is 251 g/mol. The molecule has 0 radical (unpaired) electrons. The van der Waals surface area contributed by atoms with Crippen LogP contribution in [0.4, 0.5) is 13.2 Å². The van der Waals surface area contributed by atoms with Crippen molar-refractivity contribution in [2.24, 2.45) is 0 Å². The van der Waals surface area contributed by atoms with E-state index in [2.05, 4.69) is 0 Å². The molecule has 16 heavy (non-hydrogen) atoms. The van der Waals surface area contributed by atoms with E-state index in [9.17, 15) is 18.0 Å². The molecule has 0 aliphatic carbocycles. The van der Waals surface area contributed by atoms with Gasteiger partial charge in [-0.3, -0.25) is 0 Å². The van der Waals surface area contributed by atoms with Crippen LogP contribution in [0.1, 0.15) is 11.1 Å². The lowest BCUT2D eigenvalue weighted by Gasteiger charge is -2.10. The lowest BCUT2D eigenvalue weighted by molar-refractivity contribution is -0.138. The van der Waals surface area contributed by atoms with Crippen LogP contribution in [0.15, 0.2) is 24.3 Å². The molecule has 0 amide bonds. The van der Waals surface area contributed by atoms with Gasteiger partial charge in [0.25, 0.3) is 0 Å². The molecule has 0 spiro atoms. The molecule has 0 bridgehead atoms. The molecule has 1 aromatic rings. The standard InChI is InChI=1S/C10H6ClF3O2/c11-7-2-3-8(10(12,13)14)6(5-7)1-4-9(15)16/h1-5H,(H,15,16). The minimum Gasteiger partial charge on any atom is -0.478 e. The van der Waals surface area contributed by atoms with Gasteiger partial charge in [0.2, 0.25) is 0 Å². The summed E-state index contributed by atoms with van der Waals surface area (Å²) in [6.45, 7) is 0. The van der Waals surface area contributed by atoms with Crippen molar-refractivity contribution < 1.29 is 23.1 Å². The van der Waals surface area contributed by atoms with E-state index in [1.54, 1.807) is 0 Å². The first kappa shape index (κ1) is 12.6. The third-order valence-electron chi connectivity index (χ3n) is 1.72. The Balaban J connectivity index is 3.24. The van der Waals surface area contributed by atoms with E-state index < -0.39 is 17.7 Å². The number of benzene rings is 1. The van der Waals surface area contributed by atoms with Gasteiger partial charge < -0.3 is 5.11 Å². The highest BCUT2D eigenvalue weighted by Gasteiger charge is 2.32. The van der Waals surface area contributed by atoms with Gasteiger partial charge in [0, 0.05) is 11.1 Å². The summed E-state index contributed by atoms with van der Waals surface area (Å²) in [7, 11) is 0. The number of aliphatic carboxylic acids is 1. The molecule has 1 N–H and O–H groups in total. The lowest BCUT2D eigenvalue weighted by Crippen LogP contribution is -2.07. The highest BCUT2D eigenvalue weighted by Crippen LogP contribution is 2.33. The molecule has 6 heteroatoms. The van der Waals surface area contributed by atoms with Crippen molar-refractivity contribution in [3.63, 3.8) is 0 Å². The summed E-state index contributed by atoms with van der Waals surface area (Å²) >= 11 is 5.53. The van der Waals surface area contributed by atoms with Crippen LogP contribution < -0.4 is 0 Å². The van der Waals surface area contributed by atoms with Crippen molar-refractivity contribution >= 4 is 23.6 Å². The Kier molecular flexibility index (Phi) is 3.59. The number of carboxylic acid groups (broad SMARTS) is 1. The molecule has 0 aliphatic rings. The number of carbonyl (C=O) groups is 1. The molecule has 0 aromatic heterocycles. The molecule has 0 fully saturated rings. The maximum atomic E-state index is 12.5. The van der Waals surface area contributed by atoms with E-state index in [1.807, 2.05) is 0 Å². The molecule has 1 aromatic carbocycles. The second-order valence-electron chi connectivity index (χ2n) is 2.90. The Morgan fingerprint density at radius 2 is 2.00 bits per heavy atom. The van der Waals surface area contributed by atoms with Crippen LogP contribution in [-0.4, -0.2) is 11.1 Å². The van der Waals surface area contributed by atoms with Crippen molar-refractivity contribution in [2.75, 3.05) is 0 Å². The third-order valence-corrected chi connectivity index (χ3v) is 1.96. The SMILES string of the molecule is O=C(O)C=Cc1cc(Cl)ccc1C(F)(F)F. The zero-order chi connectivity index (χ0) is 12.3. The van der Waals surface area contributed by atoms with Crippen LogP contribution in [0.2, 0.25) is 5.02 Å². The van der Waals surface area contributed by atoms with Crippen molar-refractivity contribution in [2.45, 2.75) is 6.18 Å². The number of carboxylic acids is 1. The first-order valence-electron chi connectivity index (χ1n) is 4.08. The zero-order valence-electron chi connectivity index (χ0n) is 7.75. The number of rotatable bonds is 2. The normalized spacial score (nSPS) is 12.0. The number of alkyl halides is 3. The van der Waals surface area contributed by atoms with Gasteiger partial charge in [-0.25, -0.2) is 4.79 Å². The van der Waals surface area contributed by atoms with Crippen molar-refractivity contribution in [3.8, 4) is 0 Å². The predicted octanol–water partition coefficient (Wildman–Crippen LogP) is 3.46. The molecule has 0 heterocycles. The van der Waals surface area contributed by atoms with Crippen molar-refractivity contribution in [1.29, 1.82) is 0 Å². The molecule has 86 valence electrons. The summed E-state index contributed by atoms with van der Waals surface area (Å²) in [6, 6.07) is 2.97. The van der Waals surface area contributed by atoms with E-state index in [4.69, 9.17) is 16.7 Å². The Morgan fingerprint density at radius 1 is 1.38 bits per heavy atom. The molecule has 0 saturated heterocycles. The number of hydrogen-bond acceptors (Lipinski definition) is 1. The van der Waals surface area contributed by atoms with Gasteiger partial charge in [0.15, 0.2) is 0 Å². The van der Waals surface area contributed by atoms with Gasteiger partial charge in [-0.1, -0.05) is 11.6 Å². The van der Waals surface area contributed by atoms with Crippen LogP contribution in [0.5, 0.6) is 0 Å². The second-order valence-corrected chi connectivity index (χ2v) is 3.34. The Hall–Kier alpha value is -1.49. The molecule has 0 saturated carbocycles. The molecule has 1 rings (SSSR count). The van der Waals surface area contributed by atoms with Gasteiger partial charge in [-0.05, 0) is 29.8 Å². The molecule has 0 unspecified atom stereocenters. The Bertz CT molecular complexity index is 438. The fourth-order valence-corrected chi connectivity index (χ4v) is 1.27. The first-order chi connectivity index (χ1) is 7.30. The van der Waals surface area contributed by atoms with Crippen LogP contribution in [0, 0.1) is 0 Å². The van der Waals surface area contributed by atoms with E-state index in [0.29, 0.717) is 6.08 Å². The number of hydrogen-bond donors (Lipinski definition) is 1. The largest absolute Gasteiger partial charge is 0.478 e. The van der Waals surface area contributed by atoms with E-state index in [-0.39, 0.29) is 10.6 Å². The minimum atomic E-state index is -4.54. The van der Waals surface area contributed by atoms with Gasteiger partial charge in [-0.2, -0.15) is 13.2 Å². The fourth-order valence-electron chi connectivity index (χ4n) is 1.09. The maximum Gasteiger partial charge on any atom is 0.416 e. The second kappa shape index (κ2) is 4.57. The summed E-state index contributed by atoms with van der Waals surface area (Å²) in [4.78, 5) is 10.2. The van der Waals surface area contributed by atoms with Gasteiger partial charge in [0.1, 0.15) is 0 Å². The minimum absolute atomic E-state index is 0.109.